The number of likely N-dealkylation sites (N-methyl/N-ethyl adjacent to an activating group) is 1. The minimum absolute atomic E-state index is 0.298. The Morgan fingerprint density at radius 3 is 2.71 bits per heavy atom. The molecule has 0 aromatic carbocycles. The molecule has 0 spiro atoms. The Labute approximate surface area is 79.8 Å². The molecular weight excluding hydrogens is 190 g/mol. The molecule has 6 heteroatoms. The summed E-state index contributed by atoms with van der Waals surface area (Å²) in [5.41, 5.74) is 0. The normalized spacial score (nSPS) is 13.7. The number of aliphatic hydroxyl groups excluding tert-OH is 1. The summed E-state index contributed by atoms with van der Waals surface area (Å²) in [4.78, 5) is 10.9. The van der Waals surface area contributed by atoms with Gasteiger partial charge in [-0.25, -0.2) is 0 Å². The fraction of sp³-hybridized carbons (Fsp3) is 0.375. The van der Waals surface area contributed by atoms with Crippen molar-refractivity contribution in [3.8, 4) is 0 Å². The van der Waals surface area contributed by atoms with Crippen LogP contribution in [0.4, 0.5) is 0 Å². The van der Waals surface area contributed by atoms with Crippen molar-refractivity contribution in [3.63, 3.8) is 0 Å². The molecule has 0 aliphatic carbocycles. The van der Waals surface area contributed by atoms with Gasteiger partial charge in [-0.3, -0.25) is 4.79 Å². The van der Waals surface area contributed by atoms with Crippen LogP contribution in [0.15, 0.2) is 22.8 Å². The van der Waals surface area contributed by atoms with E-state index in [0.717, 1.165) is 0 Å². The van der Waals surface area contributed by atoms with Gasteiger partial charge in [0, 0.05) is 7.05 Å². The molecule has 0 aliphatic rings. The maximum Gasteiger partial charge on any atom is 0.259 e. The second-order valence-electron chi connectivity index (χ2n) is 2.72. The highest BCUT2D eigenvalue weighted by molar-refractivity contribution is 5.81. The first-order valence-electron chi connectivity index (χ1n) is 3.88. The summed E-state index contributed by atoms with van der Waals surface area (Å²) in [6, 6.07) is 2.65. The molecule has 0 aliphatic heterocycles. The molecule has 1 amide bonds. The van der Waals surface area contributed by atoms with Crippen LogP contribution in [0.5, 0.6) is 0 Å². The number of carbonyl (C=O) groups is 1. The molecule has 6 nitrogen and oxygen atoms in total. The fourth-order valence-corrected chi connectivity index (χ4v) is 0.942. The summed E-state index contributed by atoms with van der Waals surface area (Å²) < 4.78 is 4.67. The lowest BCUT2D eigenvalue weighted by Crippen LogP contribution is -2.48. The van der Waals surface area contributed by atoms with Gasteiger partial charge >= 0.3 is 0 Å². The Bertz CT molecular complexity index is 306. The summed E-state index contributed by atoms with van der Waals surface area (Å²) in [5, 5.41) is 30.1. The van der Waals surface area contributed by atoms with Crippen LogP contribution in [0.25, 0.3) is 0 Å². The number of hydrogen-bond acceptors (Lipinski definition) is 5. The Hall–Kier alpha value is -1.37. The zero-order valence-electron chi connectivity index (χ0n) is 7.47. The van der Waals surface area contributed by atoms with Crippen molar-refractivity contribution in [1.82, 2.24) is 5.32 Å². The lowest BCUT2D eigenvalue weighted by Gasteiger charge is -2.23. The molecular formula is C8H11NO5. The maximum absolute atomic E-state index is 10.9. The molecule has 0 radical (unpaired) electrons. The van der Waals surface area contributed by atoms with Crippen LogP contribution in [0.2, 0.25) is 0 Å². The minimum Gasteiger partial charge on any atom is -0.463 e. The van der Waals surface area contributed by atoms with E-state index in [4.69, 9.17) is 0 Å². The van der Waals surface area contributed by atoms with Crippen molar-refractivity contribution in [2.24, 2.45) is 0 Å². The van der Waals surface area contributed by atoms with Gasteiger partial charge in [-0.1, -0.05) is 0 Å². The standard InChI is InChI=1S/C8H11NO5/c1-9-7(11)6(10)8(12,13)5-3-2-4-14-5/h2-4,6,10,12-13H,1H3,(H,9,11). The number of carbonyl (C=O) groups excluding carboxylic acids is 1. The third-order valence-electron chi connectivity index (χ3n) is 1.76. The number of amides is 1. The molecule has 14 heavy (non-hydrogen) atoms. The van der Waals surface area contributed by atoms with E-state index in [0.29, 0.717) is 0 Å². The van der Waals surface area contributed by atoms with Crippen molar-refractivity contribution in [1.29, 1.82) is 0 Å². The van der Waals surface area contributed by atoms with Crippen LogP contribution in [-0.2, 0) is 10.6 Å². The van der Waals surface area contributed by atoms with Crippen LogP contribution in [0, 0.1) is 0 Å². The SMILES string of the molecule is CNC(=O)C(O)C(O)(O)c1ccco1. The second kappa shape index (κ2) is 3.79. The van der Waals surface area contributed by atoms with Crippen molar-refractivity contribution in [2.45, 2.75) is 11.9 Å². The van der Waals surface area contributed by atoms with Gasteiger partial charge < -0.3 is 25.1 Å². The molecule has 1 aromatic heterocycles. The summed E-state index contributed by atoms with van der Waals surface area (Å²) in [5.74, 6) is -3.93. The first-order valence-corrected chi connectivity index (χ1v) is 3.88. The summed E-state index contributed by atoms with van der Waals surface area (Å²) in [6.45, 7) is 0. The number of furan rings is 1. The van der Waals surface area contributed by atoms with Crippen molar-refractivity contribution in [2.75, 3.05) is 7.05 Å². The molecule has 78 valence electrons. The number of hydrogen-bond donors (Lipinski definition) is 4. The van der Waals surface area contributed by atoms with E-state index in [2.05, 4.69) is 9.73 Å². The maximum atomic E-state index is 10.9. The minimum atomic E-state index is -2.72. The summed E-state index contributed by atoms with van der Waals surface area (Å²) >= 11 is 0. The molecule has 1 rings (SSSR count). The van der Waals surface area contributed by atoms with Gasteiger partial charge in [-0.15, -0.1) is 0 Å². The Morgan fingerprint density at radius 1 is 1.64 bits per heavy atom. The van der Waals surface area contributed by atoms with E-state index >= 15 is 0 Å². The van der Waals surface area contributed by atoms with Gasteiger partial charge in [-0.2, -0.15) is 0 Å². The van der Waals surface area contributed by atoms with Crippen LogP contribution in [-0.4, -0.2) is 34.4 Å². The van der Waals surface area contributed by atoms with E-state index in [1.165, 1.54) is 25.4 Å². The first-order chi connectivity index (χ1) is 6.50. The van der Waals surface area contributed by atoms with E-state index < -0.39 is 17.8 Å². The molecule has 1 atom stereocenters. The lowest BCUT2D eigenvalue weighted by atomic mass is 10.1. The highest BCUT2D eigenvalue weighted by Gasteiger charge is 2.42. The van der Waals surface area contributed by atoms with E-state index in [1.807, 2.05) is 0 Å². The van der Waals surface area contributed by atoms with Crippen LogP contribution in [0.1, 0.15) is 5.76 Å². The quantitative estimate of drug-likeness (QED) is 0.447. The van der Waals surface area contributed by atoms with Crippen LogP contribution < -0.4 is 5.32 Å². The highest BCUT2D eigenvalue weighted by atomic mass is 16.5. The Balaban J connectivity index is 2.90. The average Bonchev–Trinajstić information content (AvgIpc) is 2.68. The lowest BCUT2D eigenvalue weighted by molar-refractivity contribution is -0.240. The second-order valence-corrected chi connectivity index (χ2v) is 2.72. The smallest absolute Gasteiger partial charge is 0.259 e. The molecule has 1 heterocycles. The predicted octanol–water partition coefficient (Wildman–Crippen LogP) is -1.48. The summed E-state index contributed by atoms with van der Waals surface area (Å²) in [6.07, 6.45) is -0.800. The van der Waals surface area contributed by atoms with Gasteiger partial charge in [0.1, 0.15) is 0 Å². The van der Waals surface area contributed by atoms with E-state index in [1.54, 1.807) is 0 Å². The third kappa shape index (κ3) is 1.77. The van der Waals surface area contributed by atoms with Crippen molar-refractivity contribution in [3.05, 3.63) is 24.2 Å². The molecule has 0 fully saturated rings. The predicted molar refractivity (Wildman–Crippen MR) is 44.9 cm³/mol. The molecule has 1 unspecified atom stereocenters. The molecule has 1 aromatic rings. The largest absolute Gasteiger partial charge is 0.463 e. The number of rotatable bonds is 3. The molecule has 0 saturated heterocycles. The first kappa shape index (κ1) is 10.7. The van der Waals surface area contributed by atoms with E-state index in [-0.39, 0.29) is 5.76 Å². The molecule has 0 bridgehead atoms. The third-order valence-corrected chi connectivity index (χ3v) is 1.76. The van der Waals surface area contributed by atoms with Crippen molar-refractivity contribution >= 4 is 5.91 Å². The van der Waals surface area contributed by atoms with Gasteiger partial charge in [-0.05, 0) is 12.1 Å². The topological polar surface area (TPSA) is 103 Å². The highest BCUT2D eigenvalue weighted by Crippen LogP contribution is 2.22. The summed E-state index contributed by atoms with van der Waals surface area (Å²) in [7, 11) is 1.27. The Kier molecular flexibility index (Phi) is 2.90. The van der Waals surface area contributed by atoms with Gasteiger partial charge in [0.15, 0.2) is 11.9 Å². The van der Waals surface area contributed by atoms with Gasteiger partial charge in [0.05, 0.1) is 6.26 Å². The van der Waals surface area contributed by atoms with E-state index in [9.17, 15) is 20.1 Å². The number of aliphatic hydroxyl groups is 3. The average molecular weight is 201 g/mol. The molecule has 4 N–H and O–H groups in total. The van der Waals surface area contributed by atoms with Crippen LogP contribution >= 0.6 is 0 Å². The van der Waals surface area contributed by atoms with Gasteiger partial charge in [0.2, 0.25) is 0 Å². The monoisotopic (exact) mass is 201 g/mol. The molecule has 0 saturated carbocycles. The zero-order chi connectivity index (χ0) is 10.8. The Morgan fingerprint density at radius 2 is 2.29 bits per heavy atom. The fourth-order valence-electron chi connectivity index (χ4n) is 0.942. The number of nitrogens with one attached hydrogen (secondary N) is 1. The van der Waals surface area contributed by atoms with Crippen LogP contribution in [0.3, 0.4) is 0 Å². The zero-order valence-corrected chi connectivity index (χ0v) is 7.47. The van der Waals surface area contributed by atoms with Gasteiger partial charge in [0.25, 0.3) is 11.7 Å². The van der Waals surface area contributed by atoms with Crippen molar-refractivity contribution < 1.29 is 24.5 Å².